The van der Waals surface area contributed by atoms with Crippen LogP contribution in [0.3, 0.4) is 0 Å². The van der Waals surface area contributed by atoms with E-state index in [-0.39, 0.29) is 38.0 Å². The Hall–Kier alpha value is -4.89. The summed E-state index contributed by atoms with van der Waals surface area (Å²) in [4.78, 5) is 77.2. The second-order valence-electron chi connectivity index (χ2n) is 13.6. The first-order valence-electron chi connectivity index (χ1n) is 18.2. The van der Waals surface area contributed by atoms with Crippen molar-refractivity contribution in [1.82, 2.24) is 39.7 Å². The maximum absolute atomic E-state index is 13.3. The Balaban J connectivity index is 1.04. The number of likely N-dealkylation sites (tertiary alicyclic amines) is 1. The van der Waals surface area contributed by atoms with Gasteiger partial charge in [0, 0.05) is 90.1 Å². The normalized spacial score (nSPS) is 19.6. The van der Waals surface area contributed by atoms with Crippen molar-refractivity contribution in [2.24, 2.45) is 0 Å². The summed E-state index contributed by atoms with van der Waals surface area (Å²) in [6.07, 6.45) is 3.71. The van der Waals surface area contributed by atoms with Crippen LogP contribution in [0.2, 0.25) is 0 Å². The number of rotatable bonds is 14. The fourth-order valence-electron chi connectivity index (χ4n) is 7.00. The smallest absolute Gasteiger partial charge is 0.317 e. The van der Waals surface area contributed by atoms with E-state index in [1.165, 1.54) is 4.90 Å². The van der Waals surface area contributed by atoms with Gasteiger partial charge in [-0.2, -0.15) is 5.26 Å². The third-order valence-electron chi connectivity index (χ3n) is 9.97. The number of benzene rings is 1. The molecule has 0 radical (unpaired) electrons. The lowest BCUT2D eigenvalue weighted by molar-refractivity contribution is -0.140. The van der Waals surface area contributed by atoms with E-state index in [4.69, 9.17) is 4.74 Å². The molecule has 2 aromatic rings. The number of nitrogens with zero attached hydrogens (tertiary/aromatic N) is 8. The number of carbonyl (C=O) groups excluding carboxylic acids is 3. The summed E-state index contributed by atoms with van der Waals surface area (Å²) in [7, 11) is 0. The first-order chi connectivity index (χ1) is 25.6. The molecule has 0 bridgehead atoms. The van der Waals surface area contributed by atoms with Gasteiger partial charge in [-0.3, -0.25) is 48.6 Å². The number of carbonyl (C=O) groups is 5. The molecule has 0 aliphatic carbocycles. The summed E-state index contributed by atoms with van der Waals surface area (Å²) in [6.45, 7) is 7.01. The molecule has 17 nitrogen and oxygen atoms in total. The van der Waals surface area contributed by atoms with E-state index in [9.17, 15) is 39.4 Å². The lowest BCUT2D eigenvalue weighted by Gasteiger charge is -2.36. The third kappa shape index (κ3) is 11.5. The highest BCUT2D eigenvalue weighted by Gasteiger charge is 2.29. The number of hydrogen-bond donors (Lipinski definition) is 3. The van der Waals surface area contributed by atoms with Gasteiger partial charge >= 0.3 is 11.9 Å². The lowest BCUT2D eigenvalue weighted by Crippen LogP contribution is -2.52. The summed E-state index contributed by atoms with van der Waals surface area (Å²) in [5.41, 5.74) is 0.996. The van der Waals surface area contributed by atoms with Gasteiger partial charge in [0.2, 0.25) is 11.8 Å². The average Bonchev–Trinajstić information content (AvgIpc) is 3.66. The molecule has 5 rings (SSSR count). The minimum absolute atomic E-state index is 0.00599. The summed E-state index contributed by atoms with van der Waals surface area (Å²) < 4.78 is 6.04. The van der Waals surface area contributed by atoms with Crippen molar-refractivity contribution in [3.05, 3.63) is 36.0 Å². The number of nitrogens with one attached hydrogen (secondary N) is 1. The van der Waals surface area contributed by atoms with E-state index < -0.39 is 23.9 Å². The second kappa shape index (κ2) is 19.3. The summed E-state index contributed by atoms with van der Waals surface area (Å²) >= 11 is 0. The van der Waals surface area contributed by atoms with Gasteiger partial charge in [0.05, 0.1) is 49.9 Å². The zero-order valence-electron chi connectivity index (χ0n) is 30.0. The van der Waals surface area contributed by atoms with E-state index in [0.29, 0.717) is 94.1 Å². The first kappa shape index (κ1) is 39.3. The van der Waals surface area contributed by atoms with E-state index in [2.05, 4.69) is 21.3 Å². The number of fused-ring (bicyclic) bond motifs is 1. The maximum Gasteiger partial charge on any atom is 0.317 e. The standard InChI is InChI=1S/C36H49N9O8/c37-22-27-3-1-9-45(27)32(46)23-39-36(52)29-6-7-38-31-5-4-28(21-30(29)31)53-20-2-8-40-16-18-44(19-17-40)33(47)24-41-10-12-42(25-34(48)49)14-15-43(13-11-41)26-35(50)51/h4-7,21,27H,1-3,8-20,23-26H2,(H,39,52)(H,48,49)(H,50,51)/t27-/m0/s1. The fourth-order valence-corrected chi connectivity index (χ4v) is 7.00. The minimum Gasteiger partial charge on any atom is -0.494 e. The molecule has 17 heteroatoms. The van der Waals surface area contributed by atoms with Gasteiger partial charge in [-0.1, -0.05) is 0 Å². The molecule has 0 unspecified atom stereocenters. The highest BCUT2D eigenvalue weighted by atomic mass is 16.5. The van der Waals surface area contributed by atoms with Crippen molar-refractivity contribution >= 4 is 40.6 Å². The molecule has 4 heterocycles. The molecule has 3 aliphatic rings. The van der Waals surface area contributed by atoms with Gasteiger partial charge in [0.1, 0.15) is 11.8 Å². The molecule has 0 spiro atoms. The fraction of sp³-hybridized carbons (Fsp3) is 0.583. The van der Waals surface area contributed by atoms with Crippen LogP contribution in [0.1, 0.15) is 29.6 Å². The van der Waals surface area contributed by atoms with Crippen LogP contribution in [0.25, 0.3) is 10.9 Å². The van der Waals surface area contributed by atoms with Crippen molar-refractivity contribution in [1.29, 1.82) is 5.26 Å². The first-order valence-corrected chi connectivity index (χ1v) is 18.2. The minimum atomic E-state index is -0.941. The topological polar surface area (TPSA) is 203 Å². The number of amides is 3. The van der Waals surface area contributed by atoms with Crippen molar-refractivity contribution in [3.8, 4) is 11.8 Å². The number of carboxylic acids is 2. The molecular weight excluding hydrogens is 686 g/mol. The average molecular weight is 736 g/mol. The van der Waals surface area contributed by atoms with E-state index in [1.807, 2.05) is 15.9 Å². The molecule has 3 aliphatic heterocycles. The molecule has 0 saturated carbocycles. The number of hydrogen-bond acceptors (Lipinski definition) is 12. The molecule has 1 atom stereocenters. The van der Waals surface area contributed by atoms with Gasteiger partial charge in [-0.15, -0.1) is 0 Å². The third-order valence-corrected chi connectivity index (χ3v) is 9.97. The highest BCUT2D eigenvalue weighted by Crippen LogP contribution is 2.23. The molecule has 1 aromatic carbocycles. The van der Waals surface area contributed by atoms with Crippen molar-refractivity contribution in [3.63, 3.8) is 0 Å². The SMILES string of the molecule is N#C[C@@H]1CCCN1C(=O)CNC(=O)c1ccnc2ccc(OCCCN3CCN(C(=O)CN4CCN(CC(=O)O)CCN(CC(=O)O)CC4)CC3)cc12. The van der Waals surface area contributed by atoms with Gasteiger partial charge < -0.3 is 30.1 Å². The van der Waals surface area contributed by atoms with E-state index in [0.717, 1.165) is 32.5 Å². The van der Waals surface area contributed by atoms with Gasteiger partial charge in [-0.25, -0.2) is 0 Å². The number of ether oxygens (including phenoxy) is 1. The van der Waals surface area contributed by atoms with Crippen molar-refractivity contribution in [2.45, 2.75) is 25.3 Å². The molecular formula is C36H49N9O8. The largest absolute Gasteiger partial charge is 0.494 e. The zero-order valence-corrected chi connectivity index (χ0v) is 30.0. The van der Waals surface area contributed by atoms with Crippen LogP contribution < -0.4 is 10.1 Å². The number of aromatic nitrogens is 1. The predicted molar refractivity (Wildman–Crippen MR) is 192 cm³/mol. The monoisotopic (exact) mass is 735 g/mol. The predicted octanol–water partition coefficient (Wildman–Crippen LogP) is -0.519. The molecule has 3 saturated heterocycles. The van der Waals surface area contributed by atoms with Crippen molar-refractivity contribution < 1.29 is 38.9 Å². The second-order valence-corrected chi connectivity index (χ2v) is 13.6. The number of pyridine rings is 1. The Kier molecular flexibility index (Phi) is 14.3. The quantitative estimate of drug-likeness (QED) is 0.209. The van der Waals surface area contributed by atoms with Crippen LogP contribution in [0.15, 0.2) is 30.5 Å². The maximum atomic E-state index is 13.3. The Morgan fingerprint density at radius 1 is 0.811 bits per heavy atom. The molecule has 286 valence electrons. The van der Waals surface area contributed by atoms with Crippen LogP contribution >= 0.6 is 0 Å². The molecule has 3 fully saturated rings. The van der Waals surface area contributed by atoms with Gasteiger partial charge in [0.25, 0.3) is 5.91 Å². The number of carboxylic acid groups (broad SMARTS) is 2. The molecule has 1 aromatic heterocycles. The Morgan fingerprint density at radius 3 is 2.06 bits per heavy atom. The van der Waals surface area contributed by atoms with E-state index in [1.54, 1.807) is 34.2 Å². The zero-order chi connectivity index (χ0) is 37.7. The van der Waals surface area contributed by atoms with Gasteiger partial charge in [-0.05, 0) is 43.5 Å². The Bertz CT molecular complexity index is 1630. The Morgan fingerprint density at radius 2 is 1.43 bits per heavy atom. The lowest BCUT2D eigenvalue weighted by atomic mass is 10.1. The molecule has 3 amide bonds. The number of aliphatic carboxylic acids is 2. The van der Waals surface area contributed by atoms with Crippen molar-refractivity contribution in [2.75, 3.05) is 111 Å². The van der Waals surface area contributed by atoms with Crippen LogP contribution in [0, 0.1) is 11.3 Å². The summed E-state index contributed by atoms with van der Waals surface area (Å²) in [5, 5.41) is 31.2. The highest BCUT2D eigenvalue weighted by molar-refractivity contribution is 6.07. The molecule has 53 heavy (non-hydrogen) atoms. The summed E-state index contributed by atoms with van der Waals surface area (Å²) in [6, 6.07) is 8.67. The van der Waals surface area contributed by atoms with Crippen LogP contribution in [-0.2, 0) is 19.2 Å². The van der Waals surface area contributed by atoms with Gasteiger partial charge in [0.15, 0.2) is 0 Å². The van der Waals surface area contributed by atoms with Crippen LogP contribution in [0.5, 0.6) is 5.75 Å². The van der Waals surface area contributed by atoms with E-state index >= 15 is 0 Å². The van der Waals surface area contributed by atoms with Crippen LogP contribution in [-0.4, -0.2) is 192 Å². The summed E-state index contributed by atoms with van der Waals surface area (Å²) in [5.74, 6) is -1.97. The van der Waals surface area contributed by atoms with Crippen LogP contribution in [0.4, 0.5) is 0 Å². The molecule has 3 N–H and O–H groups in total. The Labute approximate surface area is 308 Å². The number of piperazine rings is 1. The number of nitriles is 1.